The number of anilines is 1. The predicted octanol–water partition coefficient (Wildman–Crippen LogP) is 4.57. The fourth-order valence-corrected chi connectivity index (χ4v) is 8.57. The van der Waals surface area contributed by atoms with Gasteiger partial charge in [-0.1, -0.05) is 41.9 Å². The number of fused-ring (bicyclic) bond motifs is 1. The average Bonchev–Trinajstić information content (AvgIpc) is 3.33. The number of hydrogen-bond acceptors (Lipinski definition) is 9. The Morgan fingerprint density at radius 2 is 1.57 bits per heavy atom. The van der Waals surface area contributed by atoms with Crippen molar-refractivity contribution in [2.75, 3.05) is 64.3 Å². The number of para-hydroxylation sites is 2. The molecule has 0 aliphatic carbocycles. The Morgan fingerprint density at radius 1 is 0.915 bits per heavy atom. The molecule has 3 aliphatic rings. The number of piperazine rings is 1. The molecule has 0 aromatic heterocycles. The molecule has 2 amide bonds. The monoisotopic (exact) mass is 682 g/mol. The summed E-state index contributed by atoms with van der Waals surface area (Å²) >= 11 is 6.51. The number of carbonyl (C=O) groups is 2. The molecule has 0 radical (unpaired) electrons. The summed E-state index contributed by atoms with van der Waals surface area (Å²) in [5, 5.41) is 0.231. The van der Waals surface area contributed by atoms with Crippen molar-refractivity contribution < 1.29 is 32.2 Å². The summed E-state index contributed by atoms with van der Waals surface area (Å²) in [6.07, 6.45) is 1.40. The van der Waals surface area contributed by atoms with Gasteiger partial charge in [-0.2, -0.15) is 4.31 Å². The molecule has 2 saturated heterocycles. The first-order chi connectivity index (χ1) is 22.6. The molecular weight excluding hydrogens is 644 g/mol. The van der Waals surface area contributed by atoms with Gasteiger partial charge in [-0.15, -0.1) is 0 Å². The number of carbonyl (C=O) groups excluding carboxylic acids is 2. The molecule has 0 N–H and O–H groups in total. The van der Waals surface area contributed by atoms with Crippen molar-refractivity contribution >= 4 is 39.3 Å². The van der Waals surface area contributed by atoms with E-state index < -0.39 is 27.6 Å². The molecule has 250 valence electrons. The van der Waals surface area contributed by atoms with E-state index in [-0.39, 0.29) is 44.8 Å². The Balaban J connectivity index is 1.42. The van der Waals surface area contributed by atoms with E-state index in [1.807, 2.05) is 0 Å². The van der Waals surface area contributed by atoms with Crippen LogP contribution in [-0.4, -0.2) is 101 Å². The number of likely N-dealkylation sites (tertiary alicyclic amines) is 1. The van der Waals surface area contributed by atoms with Crippen LogP contribution in [0.1, 0.15) is 30.9 Å². The van der Waals surface area contributed by atoms with Crippen molar-refractivity contribution in [3.05, 3.63) is 82.9 Å². The largest absolute Gasteiger partial charge is 0.495 e. The van der Waals surface area contributed by atoms with Crippen molar-refractivity contribution in [1.29, 1.82) is 0 Å². The summed E-state index contributed by atoms with van der Waals surface area (Å²) in [7, 11) is -1.11. The van der Waals surface area contributed by atoms with Crippen molar-refractivity contribution in [2.45, 2.75) is 36.3 Å². The number of methoxy groups -OCH3 is 1. The molecule has 0 saturated carbocycles. The number of hydrogen-bond donors (Lipinski definition) is 0. The van der Waals surface area contributed by atoms with Gasteiger partial charge in [0.2, 0.25) is 5.60 Å². The van der Waals surface area contributed by atoms with Gasteiger partial charge in [0.15, 0.2) is 0 Å². The highest BCUT2D eigenvalue weighted by atomic mass is 35.5. The van der Waals surface area contributed by atoms with E-state index in [0.29, 0.717) is 36.5 Å². The lowest BCUT2D eigenvalue weighted by Crippen LogP contribution is -2.55. The highest BCUT2D eigenvalue weighted by molar-refractivity contribution is 7.93. The van der Waals surface area contributed by atoms with E-state index in [2.05, 4.69) is 16.8 Å². The van der Waals surface area contributed by atoms with Gasteiger partial charge in [0.1, 0.15) is 16.4 Å². The highest BCUT2D eigenvalue weighted by Gasteiger charge is 2.61. The smallest absolute Gasteiger partial charge is 0.411 e. The lowest BCUT2D eigenvalue weighted by Gasteiger charge is -2.42. The third kappa shape index (κ3) is 5.92. The number of amides is 2. The number of benzene rings is 3. The highest BCUT2D eigenvalue weighted by Crippen LogP contribution is 2.52. The normalized spacial score (nSPS) is 21.1. The predicted molar refractivity (Wildman–Crippen MR) is 178 cm³/mol. The van der Waals surface area contributed by atoms with Crippen LogP contribution in [0.25, 0.3) is 0 Å². The molecule has 0 bridgehead atoms. The number of rotatable bonds is 8. The van der Waals surface area contributed by atoms with Gasteiger partial charge in [0, 0.05) is 42.8 Å². The molecule has 3 aromatic carbocycles. The summed E-state index contributed by atoms with van der Waals surface area (Å²) in [5.41, 5.74) is -1.93. The topological polar surface area (TPSA) is 109 Å². The van der Waals surface area contributed by atoms with Gasteiger partial charge in [-0.05, 0) is 76.3 Å². The maximum atomic E-state index is 15.0. The van der Waals surface area contributed by atoms with Crippen LogP contribution in [0.15, 0.2) is 71.6 Å². The maximum Gasteiger partial charge on any atom is 0.411 e. The Morgan fingerprint density at radius 3 is 2.26 bits per heavy atom. The molecule has 1 atom stereocenters. The van der Waals surface area contributed by atoms with Crippen LogP contribution < -0.4 is 13.8 Å². The van der Waals surface area contributed by atoms with Crippen LogP contribution in [0.4, 0.5) is 10.5 Å². The summed E-state index contributed by atoms with van der Waals surface area (Å²) in [5.74, 6) is -0.667. The van der Waals surface area contributed by atoms with Gasteiger partial charge in [0.05, 0.1) is 25.0 Å². The van der Waals surface area contributed by atoms with E-state index in [0.717, 1.165) is 25.9 Å². The number of nitrogens with zero attached hydrogens (tertiary/aromatic N) is 4. The Kier molecular flexibility index (Phi) is 9.39. The minimum absolute atomic E-state index is 0.0106. The SMILES string of the molecule is CCOc1ccccc1C1(OC(=O)N2CCN(C3CCN(C)CC3)CC2)C(=O)N(S(=O)(=O)c2ccccc2OC)c2ccc(Cl)cc21. The lowest BCUT2D eigenvalue weighted by molar-refractivity contribution is -0.132. The van der Waals surface area contributed by atoms with Crippen molar-refractivity contribution in [2.24, 2.45) is 0 Å². The van der Waals surface area contributed by atoms with Crippen LogP contribution in [0.3, 0.4) is 0 Å². The van der Waals surface area contributed by atoms with Crippen LogP contribution in [-0.2, 0) is 25.2 Å². The Labute approximate surface area is 280 Å². The molecule has 6 rings (SSSR count). The number of piperidine rings is 1. The van der Waals surface area contributed by atoms with E-state index in [1.165, 1.54) is 37.4 Å². The quantitative estimate of drug-likeness (QED) is 0.338. The van der Waals surface area contributed by atoms with Gasteiger partial charge >= 0.3 is 6.09 Å². The van der Waals surface area contributed by atoms with E-state index in [9.17, 15) is 18.0 Å². The Hall–Kier alpha value is -3.84. The molecule has 13 heteroatoms. The van der Waals surface area contributed by atoms with E-state index >= 15 is 0 Å². The molecule has 2 fully saturated rings. The molecule has 3 heterocycles. The summed E-state index contributed by atoms with van der Waals surface area (Å²) in [4.78, 5) is 35.2. The molecule has 0 spiro atoms. The average molecular weight is 683 g/mol. The first-order valence-corrected chi connectivity index (χ1v) is 17.6. The molecule has 11 nitrogen and oxygen atoms in total. The van der Waals surface area contributed by atoms with Gasteiger partial charge in [0.25, 0.3) is 15.9 Å². The second-order valence-electron chi connectivity index (χ2n) is 11.9. The van der Waals surface area contributed by atoms with Crippen LogP contribution in [0.2, 0.25) is 5.02 Å². The van der Waals surface area contributed by atoms with Crippen molar-refractivity contribution in [1.82, 2.24) is 14.7 Å². The minimum Gasteiger partial charge on any atom is -0.495 e. The number of halogens is 1. The van der Waals surface area contributed by atoms with Crippen LogP contribution >= 0.6 is 11.6 Å². The molecule has 47 heavy (non-hydrogen) atoms. The molecular formula is C34H39ClN4O7S. The lowest BCUT2D eigenvalue weighted by atomic mass is 9.86. The summed E-state index contributed by atoms with van der Waals surface area (Å²) in [6, 6.07) is 17.6. The zero-order valence-corrected chi connectivity index (χ0v) is 28.3. The van der Waals surface area contributed by atoms with Crippen molar-refractivity contribution in [3.8, 4) is 11.5 Å². The van der Waals surface area contributed by atoms with Crippen LogP contribution in [0.5, 0.6) is 11.5 Å². The third-order valence-corrected chi connectivity index (χ3v) is 11.2. The standard InChI is InChI=1S/C34H39ClN4O7S/c1-4-45-29-10-6-5-9-26(29)34(46-33(41)38-21-19-37(20-22-38)25-15-17-36(2)18-16-25)27-23-24(35)13-14-28(27)39(32(34)40)47(42,43)31-12-8-7-11-30(31)44-3/h5-14,23,25H,4,15-22H2,1-3H3. The first kappa shape index (κ1) is 33.1. The van der Waals surface area contributed by atoms with Gasteiger partial charge in [-0.3, -0.25) is 9.69 Å². The van der Waals surface area contributed by atoms with Gasteiger partial charge in [-0.25, -0.2) is 13.2 Å². The third-order valence-electron chi connectivity index (χ3n) is 9.21. The first-order valence-electron chi connectivity index (χ1n) is 15.8. The zero-order valence-electron chi connectivity index (χ0n) is 26.7. The Bertz CT molecular complexity index is 1760. The molecule has 3 aliphatic heterocycles. The van der Waals surface area contributed by atoms with Crippen LogP contribution in [0, 0.1) is 0 Å². The summed E-state index contributed by atoms with van der Waals surface area (Å²) in [6.45, 7) is 6.23. The minimum atomic E-state index is -4.59. The molecule has 3 aromatic rings. The number of sulfonamides is 1. The van der Waals surface area contributed by atoms with Crippen molar-refractivity contribution in [3.63, 3.8) is 0 Å². The second-order valence-corrected chi connectivity index (χ2v) is 14.1. The molecule has 1 unspecified atom stereocenters. The second kappa shape index (κ2) is 13.3. The fraction of sp³-hybridized carbons (Fsp3) is 0.412. The van der Waals surface area contributed by atoms with E-state index in [1.54, 1.807) is 48.2 Å². The zero-order chi connectivity index (χ0) is 33.3. The number of ether oxygens (including phenoxy) is 3. The maximum absolute atomic E-state index is 15.0. The fourth-order valence-electron chi connectivity index (χ4n) is 6.78. The van der Waals surface area contributed by atoms with E-state index in [4.69, 9.17) is 25.8 Å². The summed E-state index contributed by atoms with van der Waals surface area (Å²) < 4.78 is 47.1. The van der Waals surface area contributed by atoms with Gasteiger partial charge < -0.3 is 24.0 Å².